The quantitative estimate of drug-likeness (QED) is 0.392. The molecule has 0 saturated heterocycles. The lowest BCUT2D eigenvalue weighted by Gasteiger charge is -1.90. The molecule has 0 aromatic heterocycles. The van der Waals surface area contributed by atoms with E-state index < -0.39 is 0 Å². The summed E-state index contributed by atoms with van der Waals surface area (Å²) in [6, 6.07) is 0. The molecule has 0 spiro atoms. The van der Waals surface area contributed by atoms with Gasteiger partial charge in [-0.25, -0.2) is 0 Å². The summed E-state index contributed by atoms with van der Waals surface area (Å²) in [6.07, 6.45) is 5.51. The van der Waals surface area contributed by atoms with Gasteiger partial charge in [0.05, 0.1) is 0 Å². The van der Waals surface area contributed by atoms with Crippen LogP contribution in [0.15, 0.2) is 0 Å². The molecule has 0 rings (SSSR count). The van der Waals surface area contributed by atoms with E-state index in [2.05, 4.69) is 13.8 Å². The molecule has 43 valence electrons. The lowest BCUT2D eigenvalue weighted by atomic mass is 10.4. The smallest absolute Gasteiger partial charge is 0.0287 e. The summed E-state index contributed by atoms with van der Waals surface area (Å²) in [6.45, 7) is 4.47. The van der Waals surface area contributed by atoms with Crippen LogP contribution in [0, 0.1) is 0 Å². The SMILES string of the molecule is CCCC[P]CC. The molecule has 0 unspecified atom stereocenters. The molecule has 0 heterocycles. The summed E-state index contributed by atoms with van der Waals surface area (Å²) < 4.78 is 0. The van der Waals surface area contributed by atoms with Crippen molar-refractivity contribution in [3.05, 3.63) is 0 Å². The molecule has 1 radical (unpaired) electrons. The molecule has 0 aliphatic rings. The first kappa shape index (κ1) is 7.43. The van der Waals surface area contributed by atoms with Gasteiger partial charge in [0.1, 0.15) is 0 Å². The minimum Gasteiger partial charge on any atom is -0.0813 e. The highest BCUT2D eigenvalue weighted by Gasteiger charge is 1.80. The predicted molar refractivity (Wildman–Crippen MR) is 37.2 cm³/mol. The van der Waals surface area contributed by atoms with Crippen molar-refractivity contribution in [2.24, 2.45) is 0 Å². The Kier molecular flexibility index (Phi) is 6.82. The molecule has 0 aliphatic carbocycles. The molecule has 0 nitrogen and oxygen atoms in total. The zero-order valence-electron chi connectivity index (χ0n) is 5.28. The molecule has 0 amide bonds. The van der Waals surface area contributed by atoms with Gasteiger partial charge in [0.2, 0.25) is 0 Å². The summed E-state index contributed by atoms with van der Waals surface area (Å²) in [5.74, 6) is 0. The van der Waals surface area contributed by atoms with Crippen molar-refractivity contribution in [1.29, 1.82) is 0 Å². The first-order chi connectivity index (χ1) is 3.41. The van der Waals surface area contributed by atoms with Crippen molar-refractivity contribution < 1.29 is 0 Å². The highest BCUT2D eigenvalue weighted by molar-refractivity contribution is 7.37. The van der Waals surface area contributed by atoms with Crippen LogP contribution in [0.3, 0.4) is 0 Å². The fourth-order valence-electron chi connectivity index (χ4n) is 0.428. The Balaban J connectivity index is 2.45. The van der Waals surface area contributed by atoms with Crippen LogP contribution in [0.25, 0.3) is 0 Å². The van der Waals surface area contributed by atoms with E-state index in [4.69, 9.17) is 0 Å². The average Bonchev–Trinajstić information content (AvgIpc) is 1.69. The summed E-state index contributed by atoms with van der Waals surface area (Å²) in [5, 5.41) is 0. The molecule has 1 heteroatoms. The van der Waals surface area contributed by atoms with Gasteiger partial charge in [0, 0.05) is 0 Å². The third-order valence-electron chi connectivity index (χ3n) is 0.893. The maximum absolute atomic E-state index is 2.24. The van der Waals surface area contributed by atoms with Crippen molar-refractivity contribution in [2.45, 2.75) is 26.7 Å². The van der Waals surface area contributed by atoms with Gasteiger partial charge in [0.25, 0.3) is 0 Å². The van der Waals surface area contributed by atoms with Crippen molar-refractivity contribution in [3.8, 4) is 0 Å². The van der Waals surface area contributed by atoms with Gasteiger partial charge in [0.15, 0.2) is 0 Å². The number of hydrogen-bond donors (Lipinski definition) is 0. The standard InChI is InChI=1S/C6H14P/c1-3-5-6-7-4-2/h3-6H2,1-2H3. The number of unbranched alkanes of at least 4 members (excludes halogenated alkanes) is 1. The molecule has 0 atom stereocenters. The van der Waals surface area contributed by atoms with Gasteiger partial charge in [-0.2, -0.15) is 0 Å². The molecular weight excluding hydrogens is 103 g/mol. The van der Waals surface area contributed by atoms with E-state index in [9.17, 15) is 0 Å². The van der Waals surface area contributed by atoms with E-state index >= 15 is 0 Å². The van der Waals surface area contributed by atoms with Crippen molar-refractivity contribution in [3.63, 3.8) is 0 Å². The van der Waals surface area contributed by atoms with Gasteiger partial charge in [-0.15, -0.1) is 0 Å². The summed E-state index contributed by atoms with van der Waals surface area (Å²) in [5.41, 5.74) is 0. The Morgan fingerprint density at radius 1 is 1.29 bits per heavy atom. The van der Waals surface area contributed by atoms with Gasteiger partial charge in [-0.05, 0) is 18.7 Å². The largest absolute Gasteiger partial charge is 0.0813 e. The van der Waals surface area contributed by atoms with Gasteiger partial charge in [-0.3, -0.25) is 0 Å². The second-order valence-corrected chi connectivity index (χ2v) is 3.14. The predicted octanol–water partition coefficient (Wildman–Crippen LogP) is 2.75. The molecule has 0 aromatic carbocycles. The van der Waals surface area contributed by atoms with Crippen LogP contribution in [0.5, 0.6) is 0 Å². The third-order valence-corrected chi connectivity index (χ3v) is 1.97. The van der Waals surface area contributed by atoms with E-state index in [0.717, 1.165) is 0 Å². The minimum absolute atomic E-state index is 1.33. The van der Waals surface area contributed by atoms with Crippen LogP contribution < -0.4 is 0 Å². The van der Waals surface area contributed by atoms with E-state index in [-0.39, 0.29) is 0 Å². The van der Waals surface area contributed by atoms with Gasteiger partial charge < -0.3 is 0 Å². The molecule has 7 heavy (non-hydrogen) atoms. The number of rotatable bonds is 4. The second kappa shape index (κ2) is 6.43. The highest BCUT2D eigenvalue weighted by atomic mass is 31.1. The second-order valence-electron chi connectivity index (χ2n) is 1.62. The zero-order chi connectivity index (χ0) is 5.54. The van der Waals surface area contributed by atoms with Gasteiger partial charge in [-0.1, -0.05) is 28.8 Å². The summed E-state index contributed by atoms with van der Waals surface area (Å²) >= 11 is 0. The average molecular weight is 117 g/mol. The van der Waals surface area contributed by atoms with Crippen LogP contribution in [-0.4, -0.2) is 12.3 Å². The normalized spacial score (nSPS) is 11.1. The van der Waals surface area contributed by atoms with Crippen molar-refractivity contribution in [2.75, 3.05) is 12.3 Å². The Morgan fingerprint density at radius 2 is 2.00 bits per heavy atom. The van der Waals surface area contributed by atoms with Crippen LogP contribution in [-0.2, 0) is 0 Å². The molecule has 0 bridgehead atoms. The monoisotopic (exact) mass is 117 g/mol. The molecule has 0 saturated carbocycles. The van der Waals surface area contributed by atoms with E-state index in [1.165, 1.54) is 25.2 Å². The highest BCUT2D eigenvalue weighted by Crippen LogP contribution is 2.09. The van der Waals surface area contributed by atoms with Crippen LogP contribution in [0.1, 0.15) is 26.7 Å². The van der Waals surface area contributed by atoms with Crippen molar-refractivity contribution in [1.82, 2.24) is 0 Å². The summed E-state index contributed by atoms with van der Waals surface area (Å²) in [7, 11) is 1.63. The molecule has 0 aliphatic heterocycles. The zero-order valence-corrected chi connectivity index (χ0v) is 6.17. The molecular formula is C6H14P. The summed E-state index contributed by atoms with van der Waals surface area (Å²) in [4.78, 5) is 0. The topological polar surface area (TPSA) is 0 Å². The Hall–Kier alpha value is 0.430. The fraction of sp³-hybridized carbons (Fsp3) is 1.00. The first-order valence-electron chi connectivity index (χ1n) is 3.05. The molecule has 0 N–H and O–H groups in total. The van der Waals surface area contributed by atoms with Crippen LogP contribution in [0.2, 0.25) is 0 Å². The van der Waals surface area contributed by atoms with Crippen LogP contribution in [0.4, 0.5) is 0 Å². The maximum Gasteiger partial charge on any atom is -0.0287 e. The molecule has 0 aromatic rings. The molecule has 0 fully saturated rings. The maximum atomic E-state index is 2.24. The lowest BCUT2D eigenvalue weighted by molar-refractivity contribution is 0.893. The lowest BCUT2D eigenvalue weighted by Crippen LogP contribution is -1.73. The van der Waals surface area contributed by atoms with E-state index in [0.29, 0.717) is 0 Å². The van der Waals surface area contributed by atoms with E-state index in [1.54, 1.807) is 8.58 Å². The van der Waals surface area contributed by atoms with Gasteiger partial charge >= 0.3 is 0 Å². The van der Waals surface area contributed by atoms with E-state index in [1.807, 2.05) is 0 Å². The first-order valence-corrected chi connectivity index (χ1v) is 4.31. The minimum atomic E-state index is 1.33. The Bertz CT molecular complexity index is 23.4. The number of hydrogen-bond acceptors (Lipinski definition) is 0. The van der Waals surface area contributed by atoms with Crippen molar-refractivity contribution >= 4 is 8.58 Å². The van der Waals surface area contributed by atoms with Crippen LogP contribution >= 0.6 is 8.58 Å². The fourth-order valence-corrected chi connectivity index (χ4v) is 1.28. The Morgan fingerprint density at radius 3 is 2.43 bits per heavy atom. The Labute approximate surface area is 48.5 Å². The third kappa shape index (κ3) is 6.43.